The highest BCUT2D eigenvalue weighted by Crippen LogP contribution is 2.28. The van der Waals surface area contributed by atoms with Crippen LogP contribution in [0.15, 0.2) is 22.7 Å². The fourth-order valence-corrected chi connectivity index (χ4v) is 4.06. The summed E-state index contributed by atoms with van der Waals surface area (Å²) < 4.78 is 24.1. The van der Waals surface area contributed by atoms with Crippen molar-refractivity contribution in [1.82, 2.24) is 0 Å². The Labute approximate surface area is 116 Å². The summed E-state index contributed by atoms with van der Waals surface area (Å²) in [4.78, 5) is 2.12. The highest BCUT2D eigenvalue weighted by atomic mass is 79.9. The topological polar surface area (TPSA) is 63.4 Å². The zero-order chi connectivity index (χ0) is 13.2. The first kappa shape index (κ1) is 13.8. The van der Waals surface area contributed by atoms with Crippen LogP contribution < -0.4 is 10.6 Å². The van der Waals surface area contributed by atoms with Crippen molar-refractivity contribution in [2.75, 3.05) is 29.5 Å². The van der Waals surface area contributed by atoms with Gasteiger partial charge in [0.2, 0.25) is 0 Å². The van der Waals surface area contributed by atoms with Gasteiger partial charge in [-0.1, -0.05) is 6.07 Å². The van der Waals surface area contributed by atoms with Crippen LogP contribution >= 0.6 is 15.9 Å². The van der Waals surface area contributed by atoms with Gasteiger partial charge in [0.15, 0.2) is 9.84 Å². The summed E-state index contributed by atoms with van der Waals surface area (Å²) in [5.74, 6) is 0.528. The van der Waals surface area contributed by atoms with E-state index in [1.54, 1.807) is 0 Å². The van der Waals surface area contributed by atoms with Gasteiger partial charge in [0.05, 0.1) is 17.2 Å². The number of nitrogens with two attached hydrogens (primary N) is 1. The van der Waals surface area contributed by atoms with Gasteiger partial charge in [-0.25, -0.2) is 8.42 Å². The van der Waals surface area contributed by atoms with Gasteiger partial charge in [-0.3, -0.25) is 0 Å². The molecule has 1 aromatic rings. The average molecular weight is 333 g/mol. The van der Waals surface area contributed by atoms with E-state index in [4.69, 9.17) is 5.73 Å². The van der Waals surface area contributed by atoms with Crippen molar-refractivity contribution < 1.29 is 8.42 Å². The molecule has 0 bridgehead atoms. The first-order chi connectivity index (χ1) is 8.52. The second kappa shape index (κ2) is 5.59. The first-order valence-electron chi connectivity index (χ1n) is 5.96. The van der Waals surface area contributed by atoms with Crippen LogP contribution in [0.4, 0.5) is 5.69 Å². The molecule has 1 fully saturated rings. The number of rotatable bonds is 2. The van der Waals surface area contributed by atoms with Gasteiger partial charge < -0.3 is 10.6 Å². The summed E-state index contributed by atoms with van der Waals surface area (Å²) in [5.41, 5.74) is 7.70. The molecule has 6 heteroatoms. The molecule has 2 rings (SSSR count). The first-order valence-corrected chi connectivity index (χ1v) is 8.57. The largest absolute Gasteiger partial charge is 0.370 e. The predicted octanol–water partition coefficient (Wildman–Crippen LogP) is 1.53. The molecule has 0 aliphatic carbocycles. The molecule has 0 aromatic heterocycles. The molecule has 1 aromatic carbocycles. The Morgan fingerprint density at radius 1 is 1.28 bits per heavy atom. The van der Waals surface area contributed by atoms with E-state index >= 15 is 0 Å². The molecule has 1 heterocycles. The predicted molar refractivity (Wildman–Crippen MR) is 77.5 cm³/mol. The molecule has 0 spiro atoms. The van der Waals surface area contributed by atoms with E-state index in [2.05, 4.69) is 20.8 Å². The molecule has 0 atom stereocenters. The van der Waals surface area contributed by atoms with Crippen LogP contribution in [0, 0.1) is 0 Å². The summed E-state index contributed by atoms with van der Waals surface area (Å²) in [7, 11) is -2.86. The van der Waals surface area contributed by atoms with Crippen LogP contribution in [-0.4, -0.2) is 33.0 Å². The number of sulfone groups is 1. The second-order valence-electron chi connectivity index (χ2n) is 4.48. The van der Waals surface area contributed by atoms with Crippen molar-refractivity contribution in [2.24, 2.45) is 5.73 Å². The lowest BCUT2D eigenvalue weighted by molar-refractivity contribution is 0.597. The SMILES string of the molecule is NCc1ccc(N2CCCS(=O)(=O)CC2)c(Br)c1. The normalized spacial score (nSPS) is 19.6. The third-order valence-electron chi connectivity index (χ3n) is 3.14. The minimum Gasteiger partial charge on any atom is -0.370 e. The summed E-state index contributed by atoms with van der Waals surface area (Å²) in [6, 6.07) is 5.98. The lowest BCUT2D eigenvalue weighted by atomic mass is 10.2. The molecular weight excluding hydrogens is 316 g/mol. The Morgan fingerprint density at radius 3 is 2.72 bits per heavy atom. The molecule has 1 aliphatic rings. The van der Waals surface area contributed by atoms with Crippen LogP contribution in [0.25, 0.3) is 0 Å². The van der Waals surface area contributed by atoms with E-state index in [1.807, 2.05) is 18.2 Å². The van der Waals surface area contributed by atoms with Crippen molar-refractivity contribution in [3.8, 4) is 0 Å². The molecule has 1 aliphatic heterocycles. The van der Waals surface area contributed by atoms with Crippen LogP contribution in [0.3, 0.4) is 0 Å². The highest BCUT2D eigenvalue weighted by molar-refractivity contribution is 9.10. The number of halogens is 1. The van der Waals surface area contributed by atoms with Crippen LogP contribution in [-0.2, 0) is 16.4 Å². The standard InChI is InChI=1S/C12H17BrN2O2S/c13-11-8-10(9-14)2-3-12(11)15-4-1-6-18(16,17)7-5-15/h2-3,8H,1,4-7,9,14H2. The van der Waals surface area contributed by atoms with Crippen molar-refractivity contribution in [2.45, 2.75) is 13.0 Å². The van der Waals surface area contributed by atoms with E-state index in [-0.39, 0.29) is 5.75 Å². The molecule has 0 radical (unpaired) electrons. The molecule has 1 saturated heterocycles. The van der Waals surface area contributed by atoms with Crippen molar-refractivity contribution in [3.05, 3.63) is 28.2 Å². The maximum Gasteiger partial charge on any atom is 0.152 e. The van der Waals surface area contributed by atoms with E-state index < -0.39 is 9.84 Å². The Morgan fingerprint density at radius 2 is 2.06 bits per heavy atom. The van der Waals surface area contributed by atoms with E-state index in [1.165, 1.54) is 0 Å². The monoisotopic (exact) mass is 332 g/mol. The molecule has 0 saturated carbocycles. The van der Waals surface area contributed by atoms with E-state index in [0.717, 1.165) is 22.3 Å². The van der Waals surface area contributed by atoms with Gasteiger partial charge in [-0.15, -0.1) is 0 Å². The zero-order valence-electron chi connectivity index (χ0n) is 10.1. The second-order valence-corrected chi connectivity index (χ2v) is 7.64. The Balaban J connectivity index is 2.21. The fraction of sp³-hybridized carbons (Fsp3) is 0.500. The third-order valence-corrected chi connectivity index (χ3v) is 5.49. The summed E-state index contributed by atoms with van der Waals surface area (Å²) in [6.07, 6.45) is 0.688. The van der Waals surface area contributed by atoms with Gasteiger partial charge in [-0.2, -0.15) is 0 Å². The fourth-order valence-electron chi connectivity index (χ4n) is 2.11. The van der Waals surface area contributed by atoms with Crippen molar-refractivity contribution in [1.29, 1.82) is 0 Å². The van der Waals surface area contributed by atoms with Crippen molar-refractivity contribution >= 4 is 31.5 Å². The molecule has 100 valence electrons. The zero-order valence-corrected chi connectivity index (χ0v) is 12.5. The van der Waals surface area contributed by atoms with Crippen molar-refractivity contribution in [3.63, 3.8) is 0 Å². The maximum atomic E-state index is 11.6. The molecule has 0 amide bonds. The molecule has 18 heavy (non-hydrogen) atoms. The summed E-state index contributed by atoms with van der Waals surface area (Å²) in [5, 5.41) is 0. The Bertz CT molecular complexity index is 531. The maximum absolute atomic E-state index is 11.6. The third kappa shape index (κ3) is 3.24. The number of anilines is 1. The Hall–Kier alpha value is -0.590. The quantitative estimate of drug-likeness (QED) is 0.892. The van der Waals surface area contributed by atoms with Crippen LogP contribution in [0.5, 0.6) is 0 Å². The Kier molecular flexibility index (Phi) is 4.29. The lowest BCUT2D eigenvalue weighted by Gasteiger charge is -2.23. The summed E-state index contributed by atoms with van der Waals surface area (Å²) >= 11 is 3.53. The number of nitrogens with zero attached hydrogens (tertiary/aromatic N) is 1. The smallest absolute Gasteiger partial charge is 0.152 e. The molecular formula is C12H17BrN2O2S. The van der Waals surface area contributed by atoms with Gasteiger partial charge in [0, 0.05) is 24.1 Å². The molecule has 4 nitrogen and oxygen atoms in total. The van der Waals surface area contributed by atoms with Gasteiger partial charge >= 0.3 is 0 Å². The lowest BCUT2D eigenvalue weighted by Crippen LogP contribution is -2.27. The number of hydrogen-bond donors (Lipinski definition) is 1. The average Bonchev–Trinajstić information content (AvgIpc) is 2.50. The number of benzene rings is 1. The van der Waals surface area contributed by atoms with Gasteiger partial charge in [0.25, 0.3) is 0 Å². The van der Waals surface area contributed by atoms with Crippen LogP contribution in [0.2, 0.25) is 0 Å². The minimum atomic E-state index is -2.86. The van der Waals surface area contributed by atoms with Gasteiger partial charge in [-0.05, 0) is 40.0 Å². The molecule has 0 unspecified atom stereocenters. The van der Waals surface area contributed by atoms with Gasteiger partial charge in [0.1, 0.15) is 0 Å². The number of hydrogen-bond acceptors (Lipinski definition) is 4. The van der Waals surface area contributed by atoms with E-state index in [9.17, 15) is 8.42 Å². The van der Waals surface area contributed by atoms with Crippen LogP contribution in [0.1, 0.15) is 12.0 Å². The molecule has 2 N–H and O–H groups in total. The van der Waals surface area contributed by atoms with E-state index in [0.29, 0.717) is 25.3 Å². The minimum absolute atomic E-state index is 0.234. The summed E-state index contributed by atoms with van der Waals surface area (Å²) in [6.45, 7) is 1.84. The highest BCUT2D eigenvalue weighted by Gasteiger charge is 2.20.